The van der Waals surface area contributed by atoms with Gasteiger partial charge in [-0.05, 0) is 41.7 Å². The molecule has 3 fully saturated rings. The highest BCUT2D eigenvalue weighted by molar-refractivity contribution is 6.04. The largest absolute Gasteiger partial charge is 0.508 e. The zero-order chi connectivity index (χ0) is 39.6. The monoisotopic (exact) mass is 776 g/mol. The standard InChI is InChI=1S/C40H44N10O7/c51-21-29-37(55)50(40(57)45-29)31-17-30(33(53)34(31)54)49-22-43-32-35(41-19-28(24-9-3-1-4-10-24)25-11-5-2-6-12-25)46-38(47-36(32)49)48-15-14-26(20-48)44-39(56)42-18-23-8-7-13-27(52)16-23/h1-13,16,22,26,28-31,33-34,51-54H,14-15,17-21H2,(H,45,57)(H,41,46,47)(H2,42,44,56)/t26?,29-,30-,31+,33+,34-/m1/s1. The Labute approximate surface area is 327 Å². The molecule has 0 bridgehead atoms. The van der Waals surface area contributed by atoms with E-state index in [1.54, 1.807) is 22.8 Å². The van der Waals surface area contributed by atoms with Crippen LogP contribution in [0, 0.1) is 0 Å². The van der Waals surface area contributed by atoms with Crippen LogP contribution >= 0.6 is 0 Å². The lowest BCUT2D eigenvalue weighted by atomic mass is 9.91. The number of hydrogen-bond acceptors (Lipinski definition) is 12. The van der Waals surface area contributed by atoms with Crippen molar-refractivity contribution >= 4 is 40.9 Å². The summed E-state index contributed by atoms with van der Waals surface area (Å²) in [5.41, 5.74) is 3.73. The Balaban J connectivity index is 1.08. The van der Waals surface area contributed by atoms with E-state index in [-0.39, 0.29) is 36.7 Å². The first-order valence-electron chi connectivity index (χ1n) is 18.9. The number of imidazole rings is 1. The summed E-state index contributed by atoms with van der Waals surface area (Å²) in [5, 5.41) is 53.8. The lowest BCUT2D eigenvalue weighted by Crippen LogP contribution is -2.47. The van der Waals surface area contributed by atoms with Gasteiger partial charge < -0.3 is 51.2 Å². The molecule has 0 radical (unpaired) electrons. The van der Waals surface area contributed by atoms with Gasteiger partial charge in [-0.2, -0.15) is 9.97 Å². The second-order valence-corrected chi connectivity index (χ2v) is 14.6. The lowest BCUT2D eigenvalue weighted by molar-refractivity contribution is -0.131. The highest BCUT2D eigenvalue weighted by atomic mass is 16.3. The molecule has 296 valence electrons. The van der Waals surface area contributed by atoms with Crippen molar-refractivity contribution in [1.82, 2.24) is 40.4 Å². The van der Waals surface area contributed by atoms with Crippen molar-refractivity contribution in [2.45, 2.75) is 61.7 Å². The quantitative estimate of drug-likeness (QED) is 0.0849. The maximum atomic E-state index is 13.0. The van der Waals surface area contributed by atoms with Crippen molar-refractivity contribution in [2.75, 3.05) is 36.5 Å². The summed E-state index contributed by atoms with van der Waals surface area (Å²) in [6.45, 7) is 1.02. The highest BCUT2D eigenvalue weighted by Gasteiger charge is 2.52. The van der Waals surface area contributed by atoms with Crippen molar-refractivity contribution in [2.24, 2.45) is 0 Å². The van der Waals surface area contributed by atoms with Gasteiger partial charge in [0.1, 0.15) is 24.0 Å². The maximum Gasteiger partial charge on any atom is 0.325 e. The smallest absolute Gasteiger partial charge is 0.325 e. The number of aromatic nitrogens is 4. The van der Waals surface area contributed by atoms with E-state index in [0.29, 0.717) is 49.0 Å². The average Bonchev–Trinajstić information content (AvgIpc) is 4.00. The number of aliphatic hydroxyl groups excluding tert-OH is 3. The van der Waals surface area contributed by atoms with E-state index >= 15 is 0 Å². The number of phenolic OH excluding ortho intramolecular Hbond substituents is 1. The van der Waals surface area contributed by atoms with E-state index in [9.17, 15) is 34.8 Å². The minimum atomic E-state index is -1.47. The van der Waals surface area contributed by atoms with Crippen LogP contribution in [0.25, 0.3) is 11.2 Å². The van der Waals surface area contributed by atoms with Crippen molar-refractivity contribution in [1.29, 1.82) is 0 Å². The fraction of sp³-hybridized carbons (Fsp3) is 0.350. The Hall–Kier alpha value is -6.30. The van der Waals surface area contributed by atoms with Crippen LogP contribution in [0.5, 0.6) is 5.75 Å². The molecule has 0 spiro atoms. The molecule has 17 heteroatoms. The summed E-state index contributed by atoms with van der Waals surface area (Å²) in [6.07, 6.45) is -0.736. The molecule has 5 amide bonds. The highest BCUT2D eigenvalue weighted by Crippen LogP contribution is 2.38. The third kappa shape index (κ3) is 7.64. The van der Waals surface area contributed by atoms with Crippen LogP contribution in [0.2, 0.25) is 0 Å². The second kappa shape index (κ2) is 16.0. The molecule has 3 aromatic carbocycles. The van der Waals surface area contributed by atoms with Crippen LogP contribution in [0.1, 0.15) is 41.5 Å². The second-order valence-electron chi connectivity index (χ2n) is 14.6. The van der Waals surface area contributed by atoms with Gasteiger partial charge in [-0.3, -0.25) is 9.69 Å². The molecular formula is C40H44N10O7. The molecule has 8 N–H and O–H groups in total. The van der Waals surface area contributed by atoms with Crippen LogP contribution in [-0.4, -0.2) is 119 Å². The number of anilines is 2. The first-order valence-corrected chi connectivity index (χ1v) is 18.9. The average molecular weight is 777 g/mol. The Morgan fingerprint density at radius 1 is 0.930 bits per heavy atom. The number of fused-ring (bicyclic) bond motifs is 1. The molecule has 2 aliphatic heterocycles. The predicted octanol–water partition coefficient (Wildman–Crippen LogP) is 1.80. The summed E-state index contributed by atoms with van der Waals surface area (Å²) in [5.74, 6) is 0.184. The summed E-state index contributed by atoms with van der Waals surface area (Å²) < 4.78 is 1.65. The van der Waals surface area contributed by atoms with E-state index in [1.807, 2.05) is 47.4 Å². The van der Waals surface area contributed by atoms with Gasteiger partial charge in [0.05, 0.1) is 25.0 Å². The van der Waals surface area contributed by atoms with Crippen LogP contribution in [-0.2, 0) is 11.3 Å². The van der Waals surface area contributed by atoms with Gasteiger partial charge in [0, 0.05) is 38.1 Å². The number of hydrogen-bond donors (Lipinski definition) is 8. The number of aromatic hydroxyl groups is 1. The molecule has 17 nitrogen and oxygen atoms in total. The van der Waals surface area contributed by atoms with Crippen molar-refractivity contribution in [3.63, 3.8) is 0 Å². The fourth-order valence-corrected chi connectivity index (χ4v) is 8.06. The van der Waals surface area contributed by atoms with E-state index in [2.05, 4.69) is 50.5 Å². The lowest BCUT2D eigenvalue weighted by Gasteiger charge is -2.24. The summed E-state index contributed by atoms with van der Waals surface area (Å²) in [6, 6.07) is 22.5. The van der Waals surface area contributed by atoms with E-state index in [1.165, 1.54) is 6.33 Å². The zero-order valence-corrected chi connectivity index (χ0v) is 30.8. The summed E-state index contributed by atoms with van der Waals surface area (Å²) >= 11 is 0. The van der Waals surface area contributed by atoms with E-state index in [0.717, 1.165) is 21.6 Å². The number of amides is 5. The molecule has 2 saturated heterocycles. The van der Waals surface area contributed by atoms with Gasteiger partial charge in [-0.1, -0.05) is 72.8 Å². The molecule has 8 rings (SSSR count). The van der Waals surface area contributed by atoms with Gasteiger partial charge >= 0.3 is 12.1 Å². The number of carbonyl (C=O) groups excluding carboxylic acids is 3. The Morgan fingerprint density at radius 3 is 2.33 bits per heavy atom. The molecule has 1 unspecified atom stereocenters. The number of benzene rings is 3. The van der Waals surface area contributed by atoms with Gasteiger partial charge in [0.25, 0.3) is 5.91 Å². The number of urea groups is 2. The molecule has 3 aliphatic rings. The van der Waals surface area contributed by atoms with Crippen LogP contribution in [0.3, 0.4) is 0 Å². The number of carbonyl (C=O) groups is 3. The van der Waals surface area contributed by atoms with Gasteiger partial charge in [0.15, 0.2) is 17.0 Å². The molecule has 6 atom stereocenters. The Morgan fingerprint density at radius 2 is 1.65 bits per heavy atom. The molecule has 2 aromatic heterocycles. The normalized spacial score (nSPS) is 23.4. The minimum absolute atomic E-state index is 0.00467. The van der Waals surface area contributed by atoms with Crippen LogP contribution in [0.4, 0.5) is 21.4 Å². The summed E-state index contributed by atoms with van der Waals surface area (Å²) in [4.78, 5) is 56.0. The number of aliphatic hydroxyl groups is 3. The number of phenols is 1. The minimum Gasteiger partial charge on any atom is -0.508 e. The molecule has 4 heterocycles. The van der Waals surface area contributed by atoms with E-state index < -0.39 is 48.9 Å². The molecule has 1 saturated carbocycles. The van der Waals surface area contributed by atoms with Crippen LogP contribution < -0.4 is 26.2 Å². The fourth-order valence-electron chi connectivity index (χ4n) is 8.06. The number of imide groups is 1. The maximum absolute atomic E-state index is 13.0. The Bertz CT molecular complexity index is 2200. The summed E-state index contributed by atoms with van der Waals surface area (Å²) in [7, 11) is 0. The van der Waals surface area contributed by atoms with Gasteiger partial charge in [0.2, 0.25) is 5.95 Å². The third-order valence-electron chi connectivity index (χ3n) is 11.0. The number of rotatable bonds is 12. The Kier molecular flexibility index (Phi) is 10.6. The first-order chi connectivity index (χ1) is 27.7. The molecule has 1 aliphatic carbocycles. The van der Waals surface area contributed by atoms with Crippen LogP contribution in [0.15, 0.2) is 91.3 Å². The molecule has 57 heavy (non-hydrogen) atoms. The number of nitrogens with one attached hydrogen (secondary N) is 4. The topological polar surface area (TPSA) is 230 Å². The van der Waals surface area contributed by atoms with Gasteiger partial charge in [-0.25, -0.2) is 14.6 Å². The van der Waals surface area contributed by atoms with Gasteiger partial charge in [-0.15, -0.1) is 0 Å². The van der Waals surface area contributed by atoms with Crippen molar-refractivity contribution in [3.8, 4) is 5.75 Å². The third-order valence-corrected chi connectivity index (χ3v) is 11.0. The molecule has 5 aromatic rings. The van der Waals surface area contributed by atoms with Crippen molar-refractivity contribution < 1.29 is 34.8 Å². The SMILES string of the molecule is O=C(NCc1cccc(O)c1)NC1CCN(c2nc(NCC(c3ccccc3)c3ccccc3)c3ncn([C@@H]4C[C@H](N5C(=O)N[C@H](CO)C5=O)[C@@H](O)[C@H]4O)c3n2)C1. The zero-order valence-electron chi connectivity index (χ0n) is 30.8. The predicted molar refractivity (Wildman–Crippen MR) is 208 cm³/mol. The van der Waals surface area contributed by atoms with E-state index in [4.69, 9.17) is 9.97 Å². The van der Waals surface area contributed by atoms with Crippen molar-refractivity contribution in [3.05, 3.63) is 108 Å². The molecular weight excluding hydrogens is 733 g/mol. The number of nitrogens with zero attached hydrogens (tertiary/aromatic N) is 6. The first kappa shape index (κ1) is 37.6.